The molecule has 1 unspecified atom stereocenters. The highest BCUT2D eigenvalue weighted by atomic mass is 16.3. The Morgan fingerprint density at radius 3 is 2.74 bits per heavy atom. The monoisotopic (exact) mass is 363 g/mol. The van der Waals surface area contributed by atoms with Crippen LogP contribution >= 0.6 is 0 Å². The van der Waals surface area contributed by atoms with Crippen LogP contribution in [0.2, 0.25) is 0 Å². The topological polar surface area (TPSA) is 71.5 Å². The summed E-state index contributed by atoms with van der Waals surface area (Å²) in [6.45, 7) is 6.26. The SMILES string of the molecule is CCN(C(=O)Nc1ccc2nc(C)oc2c1)C(C)c1cc2ccccc2o1. The van der Waals surface area contributed by atoms with E-state index in [1.165, 1.54) is 0 Å². The molecule has 0 saturated heterocycles. The van der Waals surface area contributed by atoms with Crippen molar-refractivity contribution >= 4 is 33.8 Å². The average Bonchev–Trinajstić information content (AvgIpc) is 3.24. The Balaban J connectivity index is 1.55. The molecular weight excluding hydrogens is 342 g/mol. The van der Waals surface area contributed by atoms with Gasteiger partial charge in [-0.15, -0.1) is 0 Å². The molecule has 2 aromatic carbocycles. The van der Waals surface area contributed by atoms with Gasteiger partial charge < -0.3 is 19.1 Å². The Hall–Kier alpha value is -3.28. The largest absolute Gasteiger partial charge is 0.459 e. The number of benzene rings is 2. The first-order valence-corrected chi connectivity index (χ1v) is 8.98. The third kappa shape index (κ3) is 3.26. The molecule has 0 aliphatic carbocycles. The van der Waals surface area contributed by atoms with Gasteiger partial charge in [0.1, 0.15) is 16.9 Å². The van der Waals surface area contributed by atoms with Gasteiger partial charge in [0, 0.05) is 30.6 Å². The van der Waals surface area contributed by atoms with E-state index in [4.69, 9.17) is 8.83 Å². The lowest BCUT2D eigenvalue weighted by molar-refractivity contribution is 0.189. The van der Waals surface area contributed by atoms with Gasteiger partial charge in [-0.05, 0) is 38.1 Å². The minimum Gasteiger partial charge on any atom is -0.459 e. The Morgan fingerprint density at radius 1 is 1.15 bits per heavy atom. The van der Waals surface area contributed by atoms with Gasteiger partial charge in [0.05, 0.1) is 6.04 Å². The fourth-order valence-electron chi connectivity index (χ4n) is 3.27. The number of oxazole rings is 1. The third-order valence-corrected chi connectivity index (χ3v) is 4.67. The highest BCUT2D eigenvalue weighted by Gasteiger charge is 2.23. The fraction of sp³-hybridized carbons (Fsp3) is 0.238. The Bertz CT molecular complexity index is 1080. The number of carbonyl (C=O) groups excluding carboxylic acids is 1. The van der Waals surface area contributed by atoms with Crippen LogP contribution in [-0.2, 0) is 0 Å². The lowest BCUT2D eigenvalue weighted by Crippen LogP contribution is -2.36. The molecule has 4 aromatic rings. The molecule has 0 spiro atoms. The summed E-state index contributed by atoms with van der Waals surface area (Å²) in [7, 11) is 0. The van der Waals surface area contributed by atoms with Crippen LogP contribution in [0.5, 0.6) is 0 Å². The first-order chi connectivity index (χ1) is 13.0. The normalized spacial score (nSPS) is 12.4. The molecule has 0 saturated carbocycles. The van der Waals surface area contributed by atoms with Gasteiger partial charge in [0.25, 0.3) is 0 Å². The summed E-state index contributed by atoms with van der Waals surface area (Å²) in [5.41, 5.74) is 2.91. The number of urea groups is 1. The predicted molar refractivity (Wildman–Crippen MR) is 105 cm³/mol. The maximum absolute atomic E-state index is 12.8. The van der Waals surface area contributed by atoms with E-state index in [1.807, 2.05) is 56.3 Å². The maximum atomic E-state index is 12.8. The number of aryl methyl sites for hydroxylation is 1. The first-order valence-electron chi connectivity index (χ1n) is 8.98. The second-order valence-corrected chi connectivity index (χ2v) is 6.49. The standard InChI is InChI=1S/C21H21N3O3/c1-4-24(13(2)19-11-15-7-5-6-8-18(15)27-19)21(25)23-16-9-10-17-20(12-16)26-14(3)22-17/h5-13H,4H2,1-3H3,(H,23,25). The number of aromatic nitrogens is 1. The molecule has 2 amide bonds. The summed E-state index contributed by atoms with van der Waals surface area (Å²) in [6.07, 6.45) is 0. The quantitative estimate of drug-likeness (QED) is 0.520. The number of furan rings is 1. The van der Waals surface area contributed by atoms with E-state index in [0.717, 1.165) is 22.2 Å². The van der Waals surface area contributed by atoms with Crippen molar-refractivity contribution in [2.24, 2.45) is 0 Å². The van der Waals surface area contributed by atoms with E-state index < -0.39 is 0 Å². The molecular formula is C21H21N3O3. The molecule has 0 bridgehead atoms. The number of nitrogens with one attached hydrogen (secondary N) is 1. The number of hydrogen-bond donors (Lipinski definition) is 1. The molecule has 1 N–H and O–H groups in total. The molecule has 6 nitrogen and oxygen atoms in total. The molecule has 2 aromatic heterocycles. The summed E-state index contributed by atoms with van der Waals surface area (Å²) in [5.74, 6) is 1.36. The zero-order valence-corrected chi connectivity index (χ0v) is 15.5. The number of amides is 2. The van der Waals surface area contributed by atoms with Gasteiger partial charge in [-0.25, -0.2) is 9.78 Å². The van der Waals surface area contributed by atoms with Crippen LogP contribution in [0.1, 0.15) is 31.5 Å². The molecule has 2 heterocycles. The Kier molecular flexibility index (Phi) is 4.32. The summed E-state index contributed by atoms with van der Waals surface area (Å²) in [6, 6.07) is 14.9. The number of nitrogens with zero attached hydrogens (tertiary/aromatic N) is 2. The minimum atomic E-state index is -0.196. The number of anilines is 1. The number of fused-ring (bicyclic) bond motifs is 2. The van der Waals surface area contributed by atoms with Crippen molar-refractivity contribution in [2.75, 3.05) is 11.9 Å². The van der Waals surface area contributed by atoms with Gasteiger partial charge in [0.15, 0.2) is 11.5 Å². The second kappa shape index (κ2) is 6.79. The molecule has 6 heteroatoms. The Morgan fingerprint density at radius 2 is 1.96 bits per heavy atom. The number of carbonyl (C=O) groups is 1. The van der Waals surface area contributed by atoms with Crippen LogP contribution in [0, 0.1) is 6.92 Å². The van der Waals surface area contributed by atoms with E-state index in [2.05, 4.69) is 10.3 Å². The molecule has 138 valence electrons. The van der Waals surface area contributed by atoms with Crippen LogP contribution < -0.4 is 5.32 Å². The van der Waals surface area contributed by atoms with Gasteiger partial charge >= 0.3 is 6.03 Å². The number of hydrogen-bond acceptors (Lipinski definition) is 4. The average molecular weight is 363 g/mol. The van der Waals surface area contributed by atoms with Crippen molar-refractivity contribution in [1.29, 1.82) is 0 Å². The number of rotatable bonds is 4. The van der Waals surface area contributed by atoms with Crippen LogP contribution in [0.3, 0.4) is 0 Å². The van der Waals surface area contributed by atoms with E-state index in [9.17, 15) is 4.79 Å². The summed E-state index contributed by atoms with van der Waals surface area (Å²) in [4.78, 5) is 18.8. The maximum Gasteiger partial charge on any atom is 0.322 e. The summed E-state index contributed by atoms with van der Waals surface area (Å²) in [5, 5.41) is 3.97. The van der Waals surface area contributed by atoms with Crippen molar-refractivity contribution in [3.05, 3.63) is 60.2 Å². The molecule has 0 fully saturated rings. The van der Waals surface area contributed by atoms with Crippen molar-refractivity contribution in [3.8, 4) is 0 Å². The van der Waals surface area contributed by atoms with Gasteiger partial charge in [-0.1, -0.05) is 18.2 Å². The minimum absolute atomic E-state index is 0.193. The van der Waals surface area contributed by atoms with Crippen molar-refractivity contribution < 1.29 is 13.6 Å². The van der Waals surface area contributed by atoms with Gasteiger partial charge in [-0.2, -0.15) is 0 Å². The van der Waals surface area contributed by atoms with Crippen LogP contribution in [0.4, 0.5) is 10.5 Å². The van der Waals surface area contributed by atoms with Gasteiger partial charge in [-0.3, -0.25) is 0 Å². The predicted octanol–water partition coefficient (Wildman–Crippen LogP) is 5.50. The van der Waals surface area contributed by atoms with E-state index in [1.54, 1.807) is 17.9 Å². The van der Waals surface area contributed by atoms with Crippen molar-refractivity contribution in [3.63, 3.8) is 0 Å². The molecule has 0 aliphatic heterocycles. The molecule has 27 heavy (non-hydrogen) atoms. The summed E-state index contributed by atoms with van der Waals surface area (Å²) < 4.78 is 11.5. The first kappa shape index (κ1) is 17.1. The van der Waals surface area contributed by atoms with Crippen LogP contribution in [0.25, 0.3) is 22.1 Å². The van der Waals surface area contributed by atoms with E-state index >= 15 is 0 Å². The highest BCUT2D eigenvalue weighted by Crippen LogP contribution is 2.28. The number of para-hydroxylation sites is 1. The van der Waals surface area contributed by atoms with E-state index in [-0.39, 0.29) is 12.1 Å². The summed E-state index contributed by atoms with van der Waals surface area (Å²) >= 11 is 0. The molecule has 4 rings (SSSR count). The molecule has 0 aliphatic rings. The lowest BCUT2D eigenvalue weighted by Gasteiger charge is -2.26. The second-order valence-electron chi connectivity index (χ2n) is 6.49. The third-order valence-electron chi connectivity index (χ3n) is 4.67. The van der Waals surface area contributed by atoms with Crippen LogP contribution in [0.15, 0.2) is 57.4 Å². The Labute approximate surface area is 156 Å². The van der Waals surface area contributed by atoms with Crippen molar-refractivity contribution in [2.45, 2.75) is 26.8 Å². The zero-order valence-electron chi connectivity index (χ0n) is 15.5. The lowest BCUT2D eigenvalue weighted by atomic mass is 10.2. The van der Waals surface area contributed by atoms with Crippen molar-refractivity contribution in [1.82, 2.24) is 9.88 Å². The zero-order chi connectivity index (χ0) is 19.0. The molecule has 0 radical (unpaired) electrons. The van der Waals surface area contributed by atoms with Gasteiger partial charge in [0.2, 0.25) is 0 Å². The van der Waals surface area contributed by atoms with Crippen LogP contribution in [-0.4, -0.2) is 22.5 Å². The fourth-order valence-corrected chi connectivity index (χ4v) is 3.27. The highest BCUT2D eigenvalue weighted by molar-refractivity contribution is 5.92. The van der Waals surface area contributed by atoms with E-state index in [0.29, 0.717) is 23.7 Å². The smallest absolute Gasteiger partial charge is 0.322 e. The molecule has 1 atom stereocenters.